The highest BCUT2D eigenvalue weighted by atomic mass is 16.5. The molecule has 0 aromatic heterocycles. The lowest BCUT2D eigenvalue weighted by atomic mass is 10.1. The van der Waals surface area contributed by atoms with Crippen LogP contribution in [0.4, 0.5) is 0 Å². The van der Waals surface area contributed by atoms with Gasteiger partial charge in [-0.1, -0.05) is 25.5 Å². The summed E-state index contributed by atoms with van der Waals surface area (Å²) in [4.78, 5) is 11.0. The molecule has 1 aliphatic carbocycles. The number of hydrogen-bond acceptors (Lipinski definition) is 3. The second kappa shape index (κ2) is 6.57. The van der Waals surface area contributed by atoms with Gasteiger partial charge in [-0.2, -0.15) is 0 Å². The van der Waals surface area contributed by atoms with Crippen molar-refractivity contribution in [3.05, 3.63) is 29.8 Å². The third-order valence-electron chi connectivity index (χ3n) is 3.75. The van der Waals surface area contributed by atoms with Gasteiger partial charge in [-0.15, -0.1) is 0 Å². The van der Waals surface area contributed by atoms with Gasteiger partial charge in [0.1, 0.15) is 17.9 Å². The molecule has 0 bridgehead atoms. The lowest BCUT2D eigenvalue weighted by Gasteiger charge is -2.17. The molecule has 4 nitrogen and oxygen atoms in total. The molecule has 0 aliphatic heterocycles. The number of ether oxygens (including phenoxy) is 1. The minimum Gasteiger partial charge on any atom is -0.491 e. The van der Waals surface area contributed by atoms with E-state index in [1.165, 1.54) is 19.3 Å². The van der Waals surface area contributed by atoms with Gasteiger partial charge in [0.25, 0.3) is 0 Å². The second-order valence-electron chi connectivity index (χ2n) is 5.12. The summed E-state index contributed by atoms with van der Waals surface area (Å²) >= 11 is 0. The average molecular weight is 263 g/mol. The third kappa shape index (κ3) is 3.70. The first kappa shape index (κ1) is 13.9. The van der Waals surface area contributed by atoms with Gasteiger partial charge in [0.15, 0.2) is 0 Å². The molecule has 104 valence electrons. The van der Waals surface area contributed by atoms with Crippen LogP contribution in [0.3, 0.4) is 0 Å². The fourth-order valence-electron chi connectivity index (χ4n) is 2.62. The van der Waals surface area contributed by atoms with E-state index in [4.69, 9.17) is 9.84 Å². The molecule has 2 atom stereocenters. The summed E-state index contributed by atoms with van der Waals surface area (Å²) in [5.74, 6) is 0.218. The van der Waals surface area contributed by atoms with Crippen molar-refractivity contribution in [1.29, 1.82) is 0 Å². The third-order valence-corrected chi connectivity index (χ3v) is 3.75. The Kier molecular flexibility index (Phi) is 4.80. The Morgan fingerprint density at radius 2 is 2.21 bits per heavy atom. The number of para-hydroxylation sites is 1. The zero-order chi connectivity index (χ0) is 13.7. The smallest absolute Gasteiger partial charge is 0.339 e. The Morgan fingerprint density at radius 3 is 2.89 bits per heavy atom. The molecule has 1 aliphatic rings. The Balaban J connectivity index is 1.78. The normalized spacial score (nSPS) is 22.4. The van der Waals surface area contributed by atoms with E-state index in [0.717, 1.165) is 12.5 Å². The molecular formula is C15H21NO3. The molecule has 4 heteroatoms. The first-order chi connectivity index (χ1) is 9.18. The van der Waals surface area contributed by atoms with E-state index in [1.54, 1.807) is 24.3 Å². The van der Waals surface area contributed by atoms with Crippen molar-refractivity contribution in [3.63, 3.8) is 0 Å². The minimum absolute atomic E-state index is 0.219. The van der Waals surface area contributed by atoms with E-state index in [2.05, 4.69) is 12.2 Å². The lowest BCUT2D eigenvalue weighted by molar-refractivity contribution is 0.0692. The molecule has 2 rings (SSSR count). The molecule has 1 aromatic rings. The lowest BCUT2D eigenvalue weighted by Crippen LogP contribution is -2.34. The molecule has 1 saturated carbocycles. The maximum atomic E-state index is 11.0. The first-order valence-electron chi connectivity index (χ1n) is 6.87. The molecule has 0 saturated heterocycles. The molecule has 0 heterocycles. The Bertz CT molecular complexity index is 433. The largest absolute Gasteiger partial charge is 0.491 e. The zero-order valence-electron chi connectivity index (χ0n) is 11.3. The summed E-state index contributed by atoms with van der Waals surface area (Å²) in [6, 6.07) is 7.33. The second-order valence-corrected chi connectivity index (χ2v) is 5.12. The van der Waals surface area contributed by atoms with Gasteiger partial charge < -0.3 is 15.2 Å². The van der Waals surface area contributed by atoms with Crippen molar-refractivity contribution in [3.8, 4) is 5.75 Å². The van der Waals surface area contributed by atoms with E-state index in [1.807, 2.05) is 0 Å². The number of carbonyl (C=O) groups is 1. The van der Waals surface area contributed by atoms with E-state index >= 15 is 0 Å². The minimum atomic E-state index is -0.951. The highest BCUT2D eigenvalue weighted by Gasteiger charge is 2.22. The van der Waals surface area contributed by atoms with Crippen molar-refractivity contribution < 1.29 is 14.6 Å². The number of carboxylic acids is 1. The van der Waals surface area contributed by atoms with Crippen molar-refractivity contribution in [2.24, 2.45) is 5.92 Å². The monoisotopic (exact) mass is 263 g/mol. The predicted octanol–water partition coefficient (Wildman–Crippen LogP) is 2.54. The average Bonchev–Trinajstić information content (AvgIpc) is 2.80. The highest BCUT2D eigenvalue weighted by Crippen LogP contribution is 2.24. The van der Waals surface area contributed by atoms with Crippen LogP contribution in [0.1, 0.15) is 36.5 Å². The standard InChI is InChI=1S/C15H21NO3/c1-11-5-4-7-13(11)16-9-10-19-14-8-3-2-6-12(14)15(17)18/h2-3,6,8,11,13,16H,4-5,7,9-10H2,1H3,(H,17,18). The maximum absolute atomic E-state index is 11.0. The molecule has 0 spiro atoms. The Labute approximate surface area is 113 Å². The van der Waals surface area contributed by atoms with Gasteiger partial charge in [-0.3, -0.25) is 0 Å². The number of nitrogens with one attached hydrogen (secondary N) is 1. The van der Waals surface area contributed by atoms with Crippen LogP contribution in [0.15, 0.2) is 24.3 Å². The topological polar surface area (TPSA) is 58.6 Å². The molecular weight excluding hydrogens is 242 g/mol. The summed E-state index contributed by atoms with van der Waals surface area (Å²) in [7, 11) is 0. The van der Waals surface area contributed by atoms with Crippen LogP contribution in [0.2, 0.25) is 0 Å². The number of carboxylic acid groups (broad SMARTS) is 1. The zero-order valence-corrected chi connectivity index (χ0v) is 11.3. The Morgan fingerprint density at radius 1 is 1.42 bits per heavy atom. The molecule has 2 N–H and O–H groups in total. The summed E-state index contributed by atoms with van der Waals surface area (Å²) in [6.45, 7) is 3.52. The number of hydrogen-bond donors (Lipinski definition) is 2. The molecule has 0 amide bonds. The van der Waals surface area contributed by atoms with Crippen molar-refractivity contribution in [2.45, 2.75) is 32.2 Å². The molecule has 2 unspecified atom stereocenters. The van der Waals surface area contributed by atoms with E-state index in [9.17, 15) is 4.79 Å². The summed E-state index contributed by atoms with van der Waals surface area (Å²) in [5.41, 5.74) is 0.219. The Hall–Kier alpha value is -1.55. The molecule has 1 fully saturated rings. The maximum Gasteiger partial charge on any atom is 0.339 e. The van der Waals surface area contributed by atoms with Crippen LogP contribution in [0, 0.1) is 5.92 Å². The molecule has 1 aromatic carbocycles. The van der Waals surface area contributed by atoms with Gasteiger partial charge in [-0.05, 0) is 30.9 Å². The SMILES string of the molecule is CC1CCCC1NCCOc1ccccc1C(=O)O. The van der Waals surface area contributed by atoms with Crippen molar-refractivity contribution in [1.82, 2.24) is 5.32 Å². The van der Waals surface area contributed by atoms with Gasteiger partial charge in [0, 0.05) is 12.6 Å². The van der Waals surface area contributed by atoms with E-state index < -0.39 is 5.97 Å². The van der Waals surface area contributed by atoms with Gasteiger partial charge in [0.2, 0.25) is 0 Å². The summed E-state index contributed by atoms with van der Waals surface area (Å²) in [5, 5.41) is 12.5. The quantitative estimate of drug-likeness (QED) is 0.774. The fourth-order valence-corrected chi connectivity index (χ4v) is 2.62. The molecule has 19 heavy (non-hydrogen) atoms. The number of aromatic carboxylic acids is 1. The predicted molar refractivity (Wildman–Crippen MR) is 73.7 cm³/mol. The highest BCUT2D eigenvalue weighted by molar-refractivity contribution is 5.90. The van der Waals surface area contributed by atoms with Crippen LogP contribution in [-0.2, 0) is 0 Å². The van der Waals surface area contributed by atoms with Crippen molar-refractivity contribution in [2.75, 3.05) is 13.2 Å². The molecule has 0 radical (unpaired) electrons. The van der Waals surface area contributed by atoms with Gasteiger partial charge in [0.05, 0.1) is 0 Å². The van der Waals surface area contributed by atoms with E-state index in [0.29, 0.717) is 18.4 Å². The summed E-state index contributed by atoms with van der Waals surface area (Å²) in [6.07, 6.45) is 3.81. The van der Waals surface area contributed by atoms with E-state index in [-0.39, 0.29) is 5.56 Å². The van der Waals surface area contributed by atoms with Crippen LogP contribution in [0.25, 0.3) is 0 Å². The van der Waals surface area contributed by atoms with Crippen LogP contribution >= 0.6 is 0 Å². The van der Waals surface area contributed by atoms with Gasteiger partial charge in [-0.25, -0.2) is 4.79 Å². The van der Waals surface area contributed by atoms with Gasteiger partial charge >= 0.3 is 5.97 Å². The number of benzene rings is 1. The first-order valence-corrected chi connectivity index (χ1v) is 6.87. The van der Waals surface area contributed by atoms with Crippen LogP contribution in [0.5, 0.6) is 5.75 Å². The number of rotatable bonds is 6. The summed E-state index contributed by atoms with van der Waals surface area (Å²) < 4.78 is 5.55. The van der Waals surface area contributed by atoms with Crippen LogP contribution < -0.4 is 10.1 Å². The van der Waals surface area contributed by atoms with Crippen LogP contribution in [-0.4, -0.2) is 30.3 Å². The van der Waals surface area contributed by atoms with Crippen molar-refractivity contribution >= 4 is 5.97 Å². The fraction of sp³-hybridized carbons (Fsp3) is 0.533.